The van der Waals surface area contributed by atoms with Crippen LogP contribution in [0.2, 0.25) is 0 Å². The molecule has 72 valence electrons. The molecule has 0 unspecified atom stereocenters. The van der Waals surface area contributed by atoms with Crippen molar-refractivity contribution in [2.24, 2.45) is 5.73 Å². The highest BCUT2D eigenvalue weighted by molar-refractivity contribution is 9.10. The highest BCUT2D eigenvalue weighted by Crippen LogP contribution is 2.09. The number of ketones is 1. The Kier molecular flexibility index (Phi) is 2.30. The van der Waals surface area contributed by atoms with Gasteiger partial charge in [-0.05, 0) is 15.9 Å². The van der Waals surface area contributed by atoms with Gasteiger partial charge in [-0.2, -0.15) is 0 Å². The van der Waals surface area contributed by atoms with Gasteiger partial charge < -0.3 is 10.1 Å². The maximum atomic E-state index is 11.2. The van der Waals surface area contributed by atoms with Crippen molar-refractivity contribution in [3.05, 3.63) is 28.9 Å². The van der Waals surface area contributed by atoms with Crippen LogP contribution in [0.4, 0.5) is 0 Å². The lowest BCUT2D eigenvalue weighted by Gasteiger charge is -1.90. The summed E-state index contributed by atoms with van der Waals surface area (Å²) in [5.74, 6) is -0.176. The minimum absolute atomic E-state index is 0.0293. The van der Waals surface area contributed by atoms with Crippen LogP contribution in [0.1, 0.15) is 10.5 Å². The van der Waals surface area contributed by atoms with Crippen LogP contribution in [0, 0.1) is 0 Å². The number of rotatable bonds is 2. The quantitative estimate of drug-likeness (QED) is 0.799. The average Bonchev–Trinajstić information content (AvgIpc) is 2.59. The molecule has 0 aliphatic rings. The lowest BCUT2D eigenvalue weighted by Crippen LogP contribution is -2.13. The van der Waals surface area contributed by atoms with E-state index in [1.54, 1.807) is 23.0 Å². The Balaban J connectivity index is 2.56. The number of nitrogens with two attached hydrogens (primary N) is 1. The molecular formula is C8H7BrN4O. The molecule has 0 fully saturated rings. The van der Waals surface area contributed by atoms with Crippen LogP contribution in [0.3, 0.4) is 0 Å². The van der Waals surface area contributed by atoms with Crippen molar-refractivity contribution in [2.75, 3.05) is 6.54 Å². The number of halogens is 1. The first kappa shape index (κ1) is 9.29. The van der Waals surface area contributed by atoms with Crippen molar-refractivity contribution in [3.8, 4) is 0 Å². The predicted molar refractivity (Wildman–Crippen MR) is 54.1 cm³/mol. The summed E-state index contributed by atoms with van der Waals surface area (Å²) in [5.41, 5.74) is 6.23. The van der Waals surface area contributed by atoms with Crippen molar-refractivity contribution in [1.29, 1.82) is 0 Å². The first-order valence-electron chi connectivity index (χ1n) is 3.94. The largest absolute Gasteiger partial charge is 0.324 e. The summed E-state index contributed by atoms with van der Waals surface area (Å²) in [6, 6.07) is 0. The summed E-state index contributed by atoms with van der Waals surface area (Å²) < 4.78 is 2.41. The number of nitrogens with zero attached hydrogens (tertiary/aromatic N) is 3. The summed E-state index contributed by atoms with van der Waals surface area (Å²) in [6.07, 6.45) is 4.95. The molecule has 0 saturated heterocycles. The van der Waals surface area contributed by atoms with E-state index in [0.29, 0.717) is 15.9 Å². The molecular weight excluding hydrogens is 248 g/mol. The fourth-order valence-electron chi connectivity index (χ4n) is 1.11. The lowest BCUT2D eigenvalue weighted by atomic mass is 10.3. The van der Waals surface area contributed by atoms with Gasteiger partial charge in [0.1, 0.15) is 10.3 Å². The Morgan fingerprint density at radius 2 is 2.36 bits per heavy atom. The maximum Gasteiger partial charge on any atom is 0.196 e. The highest BCUT2D eigenvalue weighted by Gasteiger charge is 2.08. The second-order valence-electron chi connectivity index (χ2n) is 2.73. The molecule has 14 heavy (non-hydrogen) atoms. The van der Waals surface area contributed by atoms with Crippen molar-refractivity contribution in [2.45, 2.75) is 0 Å². The van der Waals surface area contributed by atoms with Gasteiger partial charge in [0.15, 0.2) is 11.4 Å². The van der Waals surface area contributed by atoms with E-state index in [2.05, 4.69) is 25.9 Å². The molecule has 0 aliphatic heterocycles. The monoisotopic (exact) mass is 254 g/mol. The second-order valence-corrected chi connectivity index (χ2v) is 3.54. The first-order valence-corrected chi connectivity index (χ1v) is 4.73. The van der Waals surface area contributed by atoms with E-state index in [1.165, 1.54) is 0 Å². The molecule has 0 atom stereocenters. The molecule has 0 aliphatic carbocycles. The zero-order chi connectivity index (χ0) is 10.1. The third kappa shape index (κ3) is 1.53. The van der Waals surface area contributed by atoms with Gasteiger partial charge in [-0.15, -0.1) is 0 Å². The van der Waals surface area contributed by atoms with Crippen LogP contribution in [0.5, 0.6) is 0 Å². The second kappa shape index (κ2) is 3.47. The summed E-state index contributed by atoms with van der Waals surface area (Å²) in [4.78, 5) is 19.3. The molecule has 2 rings (SSSR count). The Labute approximate surface area is 88.1 Å². The Morgan fingerprint density at radius 3 is 3.07 bits per heavy atom. The van der Waals surface area contributed by atoms with E-state index >= 15 is 0 Å². The van der Waals surface area contributed by atoms with Gasteiger partial charge >= 0.3 is 0 Å². The van der Waals surface area contributed by atoms with E-state index in [-0.39, 0.29) is 12.3 Å². The third-order valence-corrected chi connectivity index (χ3v) is 2.19. The fraction of sp³-hybridized carbons (Fsp3) is 0.125. The number of imidazole rings is 1. The number of Topliss-reactive ketones (excluding diaryl/α,β-unsaturated/α-hetero) is 1. The van der Waals surface area contributed by atoms with Gasteiger partial charge in [-0.25, -0.2) is 9.97 Å². The van der Waals surface area contributed by atoms with Gasteiger partial charge in [-0.3, -0.25) is 4.79 Å². The first-order chi connectivity index (χ1) is 6.70. The normalized spacial score (nSPS) is 10.7. The zero-order valence-corrected chi connectivity index (χ0v) is 8.73. The fourth-order valence-corrected chi connectivity index (χ4v) is 1.44. The molecule has 2 aromatic heterocycles. The van der Waals surface area contributed by atoms with Crippen molar-refractivity contribution in [1.82, 2.24) is 14.4 Å². The Morgan fingerprint density at radius 1 is 1.57 bits per heavy atom. The van der Waals surface area contributed by atoms with Gasteiger partial charge in [0.2, 0.25) is 0 Å². The molecule has 2 N–H and O–H groups in total. The molecule has 0 radical (unpaired) electrons. The molecule has 5 nitrogen and oxygen atoms in total. The van der Waals surface area contributed by atoms with Crippen LogP contribution in [0.25, 0.3) is 5.65 Å². The predicted octanol–water partition coefficient (Wildman–Crippen LogP) is 0.633. The van der Waals surface area contributed by atoms with Crippen LogP contribution >= 0.6 is 15.9 Å². The van der Waals surface area contributed by atoms with Crippen molar-refractivity contribution in [3.63, 3.8) is 0 Å². The molecule has 0 amide bonds. The number of aromatic nitrogens is 3. The van der Waals surface area contributed by atoms with E-state index < -0.39 is 0 Å². The SMILES string of the molecule is NCC(=O)c1cn2cc(Br)ncc2n1. The molecule has 0 spiro atoms. The highest BCUT2D eigenvalue weighted by atomic mass is 79.9. The molecule has 6 heteroatoms. The van der Waals surface area contributed by atoms with Gasteiger partial charge in [0.05, 0.1) is 12.7 Å². The third-order valence-electron chi connectivity index (χ3n) is 1.78. The Hall–Kier alpha value is -1.27. The van der Waals surface area contributed by atoms with E-state index in [4.69, 9.17) is 5.73 Å². The summed E-state index contributed by atoms with van der Waals surface area (Å²) in [5, 5.41) is 0. The maximum absolute atomic E-state index is 11.2. The molecule has 0 aromatic carbocycles. The van der Waals surface area contributed by atoms with E-state index in [9.17, 15) is 4.79 Å². The number of carbonyl (C=O) groups excluding carboxylic acids is 1. The summed E-state index contributed by atoms with van der Waals surface area (Å²) in [6.45, 7) is -0.0293. The molecule has 2 aromatic rings. The number of hydrogen-bond donors (Lipinski definition) is 1. The smallest absolute Gasteiger partial charge is 0.196 e. The minimum Gasteiger partial charge on any atom is -0.324 e. The van der Waals surface area contributed by atoms with Gasteiger partial charge in [0.25, 0.3) is 0 Å². The van der Waals surface area contributed by atoms with Crippen molar-refractivity contribution >= 4 is 27.4 Å². The van der Waals surface area contributed by atoms with Gasteiger partial charge in [-0.1, -0.05) is 0 Å². The molecule has 0 bridgehead atoms. The number of fused-ring (bicyclic) bond motifs is 1. The van der Waals surface area contributed by atoms with E-state index in [1.807, 2.05) is 0 Å². The van der Waals surface area contributed by atoms with Crippen LogP contribution in [0.15, 0.2) is 23.2 Å². The summed E-state index contributed by atoms with van der Waals surface area (Å²) in [7, 11) is 0. The molecule has 2 heterocycles. The van der Waals surface area contributed by atoms with Crippen LogP contribution in [-0.4, -0.2) is 26.7 Å². The minimum atomic E-state index is -0.176. The summed E-state index contributed by atoms with van der Waals surface area (Å²) >= 11 is 3.23. The van der Waals surface area contributed by atoms with Crippen LogP contribution in [-0.2, 0) is 0 Å². The number of carbonyl (C=O) groups is 1. The lowest BCUT2D eigenvalue weighted by molar-refractivity contribution is 0.0997. The average molecular weight is 255 g/mol. The number of hydrogen-bond acceptors (Lipinski definition) is 4. The van der Waals surface area contributed by atoms with Crippen LogP contribution < -0.4 is 5.73 Å². The Bertz CT molecular complexity index is 493. The van der Waals surface area contributed by atoms with Gasteiger partial charge in [0, 0.05) is 12.4 Å². The van der Waals surface area contributed by atoms with E-state index in [0.717, 1.165) is 0 Å². The zero-order valence-electron chi connectivity index (χ0n) is 7.14. The van der Waals surface area contributed by atoms with Crippen molar-refractivity contribution < 1.29 is 4.79 Å². The topological polar surface area (TPSA) is 73.3 Å². The standard InChI is InChI=1S/C8H7BrN4O/c9-7-4-13-3-5(6(14)1-10)12-8(13)2-11-7/h2-4H,1,10H2. The molecule has 0 saturated carbocycles.